The molecule has 1 aliphatic heterocycles. The van der Waals surface area contributed by atoms with Crippen LogP contribution in [0.25, 0.3) is 0 Å². The van der Waals surface area contributed by atoms with Crippen molar-refractivity contribution in [2.75, 3.05) is 33.5 Å². The van der Waals surface area contributed by atoms with Crippen LogP contribution in [0.15, 0.2) is 0 Å². The molecule has 0 saturated carbocycles. The van der Waals surface area contributed by atoms with Gasteiger partial charge in [-0.2, -0.15) is 0 Å². The number of amides is 1. The molecule has 1 amide bonds. The quantitative estimate of drug-likeness (QED) is 0.185. The minimum atomic E-state index is -3.11. The van der Waals surface area contributed by atoms with Crippen molar-refractivity contribution in [3.05, 3.63) is 0 Å². The first-order valence-electron chi connectivity index (χ1n) is 12.8. The highest BCUT2D eigenvalue weighted by atomic mass is 31.2. The van der Waals surface area contributed by atoms with Crippen molar-refractivity contribution in [3.63, 3.8) is 0 Å². The van der Waals surface area contributed by atoms with Gasteiger partial charge in [0.05, 0.1) is 12.7 Å². The maximum Gasteiger partial charge on any atom is 0.327 e. The second-order valence-corrected chi connectivity index (χ2v) is 11.3. The van der Waals surface area contributed by atoms with Crippen LogP contribution in [0.5, 0.6) is 0 Å². The summed E-state index contributed by atoms with van der Waals surface area (Å²) in [6.07, 6.45) is 11.0. The van der Waals surface area contributed by atoms with Gasteiger partial charge in [0, 0.05) is 33.3 Å². The Bertz CT molecular complexity index is 563. The number of carbonyl (C=O) groups is 1. The van der Waals surface area contributed by atoms with Crippen LogP contribution in [-0.2, 0) is 27.9 Å². The van der Waals surface area contributed by atoms with Gasteiger partial charge in [0.2, 0.25) is 5.91 Å². The van der Waals surface area contributed by atoms with Crippen molar-refractivity contribution in [2.24, 2.45) is 0 Å². The fourth-order valence-electron chi connectivity index (χ4n) is 3.92. The smallest absolute Gasteiger partial charge is 0.327 e. The number of unbranched alkanes of at least 4 members (excludes halogenated alkanes) is 9. The number of hydrogen-bond donors (Lipinski definition) is 2. The van der Waals surface area contributed by atoms with Gasteiger partial charge in [-0.25, -0.2) is 0 Å². The summed E-state index contributed by atoms with van der Waals surface area (Å²) >= 11 is 0. The zero-order valence-electron chi connectivity index (χ0n) is 21.3. The van der Waals surface area contributed by atoms with E-state index in [1.54, 1.807) is 0 Å². The maximum atomic E-state index is 11.9. The third-order valence-electron chi connectivity index (χ3n) is 6.09. The van der Waals surface area contributed by atoms with Gasteiger partial charge in [-0.3, -0.25) is 9.36 Å². The van der Waals surface area contributed by atoms with Crippen LogP contribution in [0.1, 0.15) is 90.9 Å². The summed E-state index contributed by atoms with van der Waals surface area (Å²) < 4.78 is 33.4. The number of hydrogen-bond acceptors (Lipinski definition) is 7. The van der Waals surface area contributed by atoms with Crippen molar-refractivity contribution >= 4 is 13.5 Å². The highest BCUT2D eigenvalue weighted by molar-refractivity contribution is 7.52. The maximum absolute atomic E-state index is 11.9. The first-order chi connectivity index (χ1) is 15.8. The van der Waals surface area contributed by atoms with Gasteiger partial charge in [-0.1, -0.05) is 58.3 Å². The molecule has 1 aliphatic rings. The largest absolute Gasteiger partial charge is 0.387 e. The Morgan fingerprint density at radius 2 is 1.67 bits per heavy atom. The first kappa shape index (κ1) is 30.5. The number of aliphatic hydroxyl groups excluding tert-OH is 1. The molecule has 1 rings (SSSR count). The summed E-state index contributed by atoms with van der Waals surface area (Å²) in [6.45, 7) is 6.72. The lowest BCUT2D eigenvalue weighted by Crippen LogP contribution is -2.36. The van der Waals surface area contributed by atoms with E-state index in [-0.39, 0.29) is 18.6 Å². The molecule has 8 nitrogen and oxygen atoms in total. The summed E-state index contributed by atoms with van der Waals surface area (Å²) in [7, 11) is -1.78. The lowest BCUT2D eigenvalue weighted by Gasteiger charge is -2.20. The summed E-state index contributed by atoms with van der Waals surface area (Å²) in [5.41, 5.74) is 0. The standard InChI is InChI=1S/C24H48NO7P/c1-5-6-7-8-9-10-13-16-22(26)25-17-14-11-12-15-18-30-24-20(2)32-21(23(24)27)19-31-33(4,28)29-3/h20-21,23-24,27H,5-19H2,1-4H3,(H,25,26)/t20-,21+,23+,24-,33?/m1/s1. The SMILES string of the molecule is CCCCCCCCCC(=O)NCCCCCCO[C@H]1[C@@H](O)[C@H](COP(C)(=O)OC)O[C@@H]1C. The van der Waals surface area contributed by atoms with Gasteiger partial charge >= 0.3 is 7.60 Å². The monoisotopic (exact) mass is 493 g/mol. The molecule has 0 spiro atoms. The molecule has 5 atom stereocenters. The second kappa shape index (κ2) is 17.9. The van der Waals surface area contributed by atoms with E-state index in [1.165, 1.54) is 45.9 Å². The van der Waals surface area contributed by atoms with E-state index >= 15 is 0 Å². The predicted octanol–water partition coefficient (Wildman–Crippen LogP) is 4.82. The van der Waals surface area contributed by atoms with Crippen molar-refractivity contribution in [1.29, 1.82) is 0 Å². The Labute approximate surface area is 201 Å². The fraction of sp³-hybridized carbons (Fsp3) is 0.958. The molecule has 0 aromatic carbocycles. The Kier molecular flexibility index (Phi) is 16.5. The molecular formula is C24H48NO7P. The molecule has 196 valence electrons. The normalized spacial score (nSPS) is 24.6. The average Bonchev–Trinajstić information content (AvgIpc) is 3.06. The van der Waals surface area contributed by atoms with Crippen LogP contribution in [0.4, 0.5) is 0 Å². The van der Waals surface area contributed by atoms with Gasteiger partial charge < -0.3 is 28.9 Å². The van der Waals surface area contributed by atoms with Crippen LogP contribution in [0.3, 0.4) is 0 Å². The Morgan fingerprint density at radius 1 is 1.03 bits per heavy atom. The van der Waals surface area contributed by atoms with Crippen molar-refractivity contribution in [2.45, 2.75) is 115 Å². The topological polar surface area (TPSA) is 103 Å². The molecule has 9 heteroatoms. The molecule has 1 unspecified atom stereocenters. The molecule has 0 aromatic rings. The molecule has 0 bridgehead atoms. The minimum absolute atomic E-state index is 0.00232. The first-order valence-corrected chi connectivity index (χ1v) is 14.8. The van der Waals surface area contributed by atoms with E-state index in [0.717, 1.165) is 45.1 Å². The molecule has 33 heavy (non-hydrogen) atoms. The van der Waals surface area contributed by atoms with Crippen LogP contribution >= 0.6 is 7.60 Å². The Balaban J connectivity index is 2.00. The van der Waals surface area contributed by atoms with E-state index in [4.69, 9.17) is 18.5 Å². The molecule has 0 aliphatic carbocycles. The van der Waals surface area contributed by atoms with Crippen LogP contribution in [0.2, 0.25) is 0 Å². The van der Waals surface area contributed by atoms with Crippen LogP contribution in [-0.4, -0.2) is 69.0 Å². The number of carbonyl (C=O) groups excluding carboxylic acids is 1. The summed E-state index contributed by atoms with van der Waals surface area (Å²) in [5, 5.41) is 13.5. The predicted molar refractivity (Wildman–Crippen MR) is 131 cm³/mol. The van der Waals surface area contributed by atoms with E-state index in [0.29, 0.717) is 13.0 Å². The molecule has 1 fully saturated rings. The molecule has 1 heterocycles. The summed E-state index contributed by atoms with van der Waals surface area (Å²) in [5.74, 6) is 0.166. The van der Waals surface area contributed by atoms with Gasteiger partial charge in [0.1, 0.15) is 18.3 Å². The molecule has 0 aromatic heterocycles. The van der Waals surface area contributed by atoms with Gasteiger partial charge in [-0.15, -0.1) is 0 Å². The van der Waals surface area contributed by atoms with Crippen molar-refractivity contribution in [3.8, 4) is 0 Å². The van der Waals surface area contributed by atoms with E-state index in [2.05, 4.69) is 12.2 Å². The fourth-order valence-corrected chi connectivity index (χ4v) is 4.44. The summed E-state index contributed by atoms with van der Waals surface area (Å²) in [4.78, 5) is 11.9. The minimum Gasteiger partial charge on any atom is -0.387 e. The number of rotatable bonds is 20. The molecular weight excluding hydrogens is 445 g/mol. The molecule has 1 saturated heterocycles. The third kappa shape index (κ3) is 13.8. The van der Waals surface area contributed by atoms with E-state index in [1.807, 2.05) is 6.92 Å². The third-order valence-corrected chi connectivity index (χ3v) is 7.37. The van der Waals surface area contributed by atoms with E-state index in [9.17, 15) is 14.5 Å². The van der Waals surface area contributed by atoms with E-state index < -0.39 is 25.9 Å². The van der Waals surface area contributed by atoms with Gasteiger partial charge in [0.15, 0.2) is 0 Å². The highest BCUT2D eigenvalue weighted by Gasteiger charge is 2.42. The average molecular weight is 494 g/mol. The number of nitrogens with one attached hydrogen (secondary N) is 1. The highest BCUT2D eigenvalue weighted by Crippen LogP contribution is 2.43. The second-order valence-electron chi connectivity index (χ2n) is 9.09. The van der Waals surface area contributed by atoms with Gasteiger partial charge in [0.25, 0.3) is 0 Å². The number of ether oxygens (including phenoxy) is 2. The zero-order valence-corrected chi connectivity index (χ0v) is 22.2. The Hall–Kier alpha value is -0.500. The van der Waals surface area contributed by atoms with Crippen molar-refractivity contribution in [1.82, 2.24) is 5.32 Å². The molecule has 0 radical (unpaired) electrons. The summed E-state index contributed by atoms with van der Waals surface area (Å²) in [6, 6.07) is 0. The molecule has 2 N–H and O–H groups in total. The zero-order chi connectivity index (χ0) is 24.5. The van der Waals surface area contributed by atoms with Crippen LogP contribution in [0, 0.1) is 0 Å². The number of aliphatic hydroxyl groups is 1. The van der Waals surface area contributed by atoms with Crippen LogP contribution < -0.4 is 5.32 Å². The van der Waals surface area contributed by atoms with Crippen molar-refractivity contribution < 1.29 is 33.0 Å². The van der Waals surface area contributed by atoms with Gasteiger partial charge in [-0.05, 0) is 26.2 Å². The lowest BCUT2D eigenvalue weighted by atomic mass is 10.1. The Morgan fingerprint density at radius 3 is 2.36 bits per heavy atom. The lowest BCUT2D eigenvalue weighted by molar-refractivity contribution is -0.121.